The number of hydrogen-bond acceptors (Lipinski definition) is 0. The van der Waals surface area contributed by atoms with E-state index in [-0.39, 0.29) is 0 Å². The first kappa shape index (κ1) is 10.2. The molecule has 0 amide bonds. The second-order valence-corrected chi connectivity index (χ2v) is 5.15. The molecular formula is C13H17Br. The summed E-state index contributed by atoms with van der Waals surface area (Å²) < 4.78 is 0. The molecule has 0 aromatic heterocycles. The zero-order chi connectivity index (χ0) is 9.97. The van der Waals surface area contributed by atoms with Crippen molar-refractivity contribution < 1.29 is 0 Å². The number of aryl methyl sites for hydroxylation is 1. The van der Waals surface area contributed by atoms with Gasteiger partial charge >= 0.3 is 0 Å². The maximum atomic E-state index is 3.86. The topological polar surface area (TPSA) is 0 Å². The highest BCUT2D eigenvalue weighted by atomic mass is 79.9. The van der Waals surface area contributed by atoms with E-state index >= 15 is 0 Å². The molecule has 0 nitrogen and oxygen atoms in total. The molecule has 0 radical (unpaired) electrons. The Morgan fingerprint density at radius 3 is 2.93 bits per heavy atom. The van der Waals surface area contributed by atoms with Crippen LogP contribution in [0.5, 0.6) is 0 Å². The summed E-state index contributed by atoms with van der Waals surface area (Å²) in [6, 6.07) is 8.88. The molecule has 0 N–H and O–H groups in total. The first-order valence-electron chi connectivity index (χ1n) is 5.54. The van der Waals surface area contributed by atoms with Crippen molar-refractivity contribution in [1.82, 2.24) is 0 Å². The number of fused-ring (bicyclic) bond motifs is 1. The number of benzene rings is 1. The molecule has 0 spiro atoms. The summed E-state index contributed by atoms with van der Waals surface area (Å²) in [6.45, 7) is 2.30. The van der Waals surface area contributed by atoms with E-state index in [4.69, 9.17) is 0 Å². The molecule has 1 aromatic rings. The molecule has 1 aliphatic carbocycles. The lowest BCUT2D eigenvalue weighted by Crippen LogP contribution is -2.05. The third kappa shape index (κ3) is 1.88. The number of hydrogen-bond donors (Lipinski definition) is 0. The Labute approximate surface area is 94.8 Å². The molecule has 14 heavy (non-hydrogen) atoms. The molecule has 0 aliphatic heterocycles. The van der Waals surface area contributed by atoms with Crippen LogP contribution < -0.4 is 0 Å². The van der Waals surface area contributed by atoms with Gasteiger partial charge in [0.15, 0.2) is 0 Å². The van der Waals surface area contributed by atoms with E-state index in [2.05, 4.69) is 47.1 Å². The number of halogens is 1. The van der Waals surface area contributed by atoms with Crippen LogP contribution in [-0.4, -0.2) is 0 Å². The quantitative estimate of drug-likeness (QED) is 0.511. The van der Waals surface area contributed by atoms with Crippen LogP contribution >= 0.6 is 15.9 Å². The maximum Gasteiger partial charge on any atom is 0.0426 e. The van der Waals surface area contributed by atoms with Gasteiger partial charge in [-0.1, -0.05) is 53.5 Å². The van der Waals surface area contributed by atoms with Crippen molar-refractivity contribution in [2.45, 2.75) is 37.4 Å². The normalized spacial score (nSPS) is 26.7. The van der Waals surface area contributed by atoms with Crippen LogP contribution in [0.4, 0.5) is 0 Å². The zero-order valence-electron chi connectivity index (χ0n) is 8.67. The van der Waals surface area contributed by atoms with Crippen LogP contribution in [0.1, 0.15) is 42.1 Å². The lowest BCUT2D eigenvalue weighted by atomic mass is 9.94. The van der Waals surface area contributed by atoms with Crippen LogP contribution in [0.15, 0.2) is 24.3 Å². The van der Waals surface area contributed by atoms with E-state index in [1.54, 1.807) is 5.56 Å². The Morgan fingerprint density at radius 2 is 2.14 bits per heavy atom. The molecule has 0 bridgehead atoms. The lowest BCUT2D eigenvalue weighted by Gasteiger charge is -2.19. The average molecular weight is 253 g/mol. The molecule has 0 heterocycles. The summed E-state index contributed by atoms with van der Waals surface area (Å²) in [5.41, 5.74) is 3.07. The Hall–Kier alpha value is -0.300. The summed E-state index contributed by atoms with van der Waals surface area (Å²) in [5, 5.41) is 0. The van der Waals surface area contributed by atoms with Crippen LogP contribution in [0.2, 0.25) is 0 Å². The average Bonchev–Trinajstić information content (AvgIpc) is 2.39. The summed E-state index contributed by atoms with van der Waals surface area (Å²) in [5.74, 6) is 0.818. The SMILES string of the molecule is CCC1CCCc2ccccc2C1Br. The number of rotatable bonds is 1. The van der Waals surface area contributed by atoms with Gasteiger partial charge in [-0.3, -0.25) is 0 Å². The van der Waals surface area contributed by atoms with E-state index in [9.17, 15) is 0 Å². The summed E-state index contributed by atoms with van der Waals surface area (Å²) in [6.07, 6.45) is 5.25. The molecule has 1 heteroatoms. The van der Waals surface area contributed by atoms with E-state index in [1.807, 2.05) is 0 Å². The fraction of sp³-hybridized carbons (Fsp3) is 0.538. The highest BCUT2D eigenvalue weighted by Crippen LogP contribution is 2.40. The summed E-state index contributed by atoms with van der Waals surface area (Å²) >= 11 is 3.86. The van der Waals surface area contributed by atoms with Crippen molar-refractivity contribution in [1.29, 1.82) is 0 Å². The molecule has 0 fully saturated rings. The van der Waals surface area contributed by atoms with E-state index < -0.39 is 0 Å². The van der Waals surface area contributed by atoms with E-state index in [1.165, 1.54) is 31.2 Å². The van der Waals surface area contributed by atoms with Gasteiger partial charge < -0.3 is 0 Å². The minimum atomic E-state index is 0.575. The maximum absolute atomic E-state index is 3.86. The smallest absolute Gasteiger partial charge is 0.0426 e. The highest BCUT2D eigenvalue weighted by Gasteiger charge is 2.23. The highest BCUT2D eigenvalue weighted by molar-refractivity contribution is 9.09. The van der Waals surface area contributed by atoms with Crippen molar-refractivity contribution in [3.05, 3.63) is 35.4 Å². The Balaban J connectivity index is 2.34. The second kappa shape index (κ2) is 4.48. The predicted octanol–water partition coefficient (Wildman–Crippen LogP) is 4.49. The van der Waals surface area contributed by atoms with Gasteiger partial charge in [0, 0.05) is 4.83 Å². The molecule has 2 rings (SSSR count). The first-order chi connectivity index (χ1) is 6.83. The van der Waals surface area contributed by atoms with Crippen molar-refractivity contribution in [2.24, 2.45) is 5.92 Å². The van der Waals surface area contributed by atoms with Crippen LogP contribution in [0.25, 0.3) is 0 Å². The van der Waals surface area contributed by atoms with Gasteiger partial charge in [0.1, 0.15) is 0 Å². The third-order valence-electron chi connectivity index (χ3n) is 3.31. The van der Waals surface area contributed by atoms with Gasteiger partial charge in [-0.25, -0.2) is 0 Å². The second-order valence-electron chi connectivity index (χ2n) is 4.16. The summed E-state index contributed by atoms with van der Waals surface area (Å²) in [4.78, 5) is 0.575. The van der Waals surface area contributed by atoms with E-state index in [0.29, 0.717) is 4.83 Å². The van der Waals surface area contributed by atoms with Gasteiger partial charge in [-0.15, -0.1) is 0 Å². The van der Waals surface area contributed by atoms with Crippen LogP contribution in [0, 0.1) is 5.92 Å². The largest absolute Gasteiger partial charge is 0.0836 e. The molecule has 0 saturated carbocycles. The molecule has 1 aliphatic rings. The van der Waals surface area contributed by atoms with Gasteiger partial charge in [-0.05, 0) is 36.3 Å². The molecular weight excluding hydrogens is 236 g/mol. The van der Waals surface area contributed by atoms with Gasteiger partial charge in [0.2, 0.25) is 0 Å². The van der Waals surface area contributed by atoms with Crippen molar-refractivity contribution in [3.8, 4) is 0 Å². The summed E-state index contributed by atoms with van der Waals surface area (Å²) in [7, 11) is 0. The van der Waals surface area contributed by atoms with Crippen LogP contribution in [0.3, 0.4) is 0 Å². The minimum absolute atomic E-state index is 0.575. The van der Waals surface area contributed by atoms with Crippen molar-refractivity contribution in [2.75, 3.05) is 0 Å². The van der Waals surface area contributed by atoms with Crippen molar-refractivity contribution in [3.63, 3.8) is 0 Å². The Morgan fingerprint density at radius 1 is 1.36 bits per heavy atom. The molecule has 2 atom stereocenters. The van der Waals surface area contributed by atoms with E-state index in [0.717, 1.165) is 5.92 Å². The van der Waals surface area contributed by atoms with Crippen LogP contribution in [-0.2, 0) is 6.42 Å². The van der Waals surface area contributed by atoms with Gasteiger partial charge in [0.05, 0.1) is 0 Å². The third-order valence-corrected chi connectivity index (χ3v) is 4.55. The fourth-order valence-electron chi connectivity index (χ4n) is 2.40. The molecule has 1 aromatic carbocycles. The first-order valence-corrected chi connectivity index (χ1v) is 6.46. The monoisotopic (exact) mass is 252 g/mol. The predicted molar refractivity (Wildman–Crippen MR) is 64.8 cm³/mol. The molecule has 0 saturated heterocycles. The lowest BCUT2D eigenvalue weighted by molar-refractivity contribution is 0.463. The number of alkyl halides is 1. The zero-order valence-corrected chi connectivity index (χ0v) is 10.3. The van der Waals surface area contributed by atoms with Crippen molar-refractivity contribution >= 4 is 15.9 Å². The Kier molecular flexibility index (Phi) is 3.27. The molecule has 2 unspecified atom stereocenters. The standard InChI is InChI=1S/C13H17Br/c1-2-10-7-5-8-11-6-3-4-9-12(11)13(10)14/h3-4,6,9-10,13H,2,5,7-8H2,1H3. The fourth-order valence-corrected chi connectivity index (χ4v) is 3.48. The minimum Gasteiger partial charge on any atom is -0.0836 e. The molecule has 76 valence electrons. The van der Waals surface area contributed by atoms with Gasteiger partial charge in [0.25, 0.3) is 0 Å². The van der Waals surface area contributed by atoms with Gasteiger partial charge in [-0.2, -0.15) is 0 Å². The Bertz CT molecular complexity index is 306.